The highest BCUT2D eigenvalue weighted by atomic mass is 79.9. The summed E-state index contributed by atoms with van der Waals surface area (Å²) in [5.41, 5.74) is 0. The predicted molar refractivity (Wildman–Crippen MR) is 89.7 cm³/mol. The molecule has 0 aliphatic heterocycles. The molecule has 0 amide bonds. The molecule has 0 fully saturated rings. The molecule has 2 aromatic carbocycles. The van der Waals surface area contributed by atoms with Crippen LogP contribution in [0, 0.1) is 0 Å². The number of methoxy groups -OCH3 is 2. The summed E-state index contributed by atoms with van der Waals surface area (Å²) in [6.45, 7) is 0. The first-order valence-corrected chi connectivity index (χ1v) is 7.60. The van der Waals surface area contributed by atoms with Gasteiger partial charge in [-0.25, -0.2) is 0 Å². The van der Waals surface area contributed by atoms with Crippen LogP contribution in [-0.4, -0.2) is 24.4 Å². The molecular weight excluding hydrogens is 427 g/mol. The molecule has 0 spiro atoms. The maximum Gasteiger partial charge on any atom is 0.162 e. The fourth-order valence-electron chi connectivity index (χ4n) is 1.34. The van der Waals surface area contributed by atoms with Crippen molar-refractivity contribution in [2.24, 2.45) is 0 Å². The topological polar surface area (TPSA) is 58.9 Å². The largest absolute Gasteiger partial charge is 0.504 e. The van der Waals surface area contributed by atoms with Crippen molar-refractivity contribution >= 4 is 43.5 Å². The summed E-state index contributed by atoms with van der Waals surface area (Å²) in [6, 6.07) is 8.11. The van der Waals surface area contributed by atoms with Crippen molar-refractivity contribution in [3.8, 4) is 23.0 Å². The van der Waals surface area contributed by atoms with Crippen LogP contribution in [0.15, 0.2) is 39.3 Å². The van der Waals surface area contributed by atoms with Gasteiger partial charge in [-0.05, 0) is 40.2 Å². The summed E-state index contributed by atoms with van der Waals surface area (Å²) in [4.78, 5) is 0. The van der Waals surface area contributed by atoms with Crippen molar-refractivity contribution in [2.75, 3.05) is 14.2 Å². The summed E-state index contributed by atoms with van der Waals surface area (Å²) in [7, 11) is 2.99. The van der Waals surface area contributed by atoms with E-state index in [4.69, 9.17) is 26.2 Å². The van der Waals surface area contributed by atoms with Crippen molar-refractivity contribution in [1.82, 2.24) is 0 Å². The van der Waals surface area contributed by atoms with Gasteiger partial charge in [0.15, 0.2) is 23.0 Å². The SMILES string of the molecule is COc1cc(Cl)c(Br)cc1O.COc1ccc(Br)cc1O. The van der Waals surface area contributed by atoms with E-state index >= 15 is 0 Å². The number of rotatable bonds is 2. The van der Waals surface area contributed by atoms with E-state index in [2.05, 4.69) is 31.9 Å². The standard InChI is InChI=1S/C7H6BrClO2.C7H7BrO2/c1-11-7-3-5(9)4(8)2-6(7)10;1-10-7-3-2-5(8)4-6(7)9/h2-3,10H,1H3;2-4,9H,1H3. The lowest BCUT2D eigenvalue weighted by atomic mass is 10.3. The quantitative estimate of drug-likeness (QED) is 0.692. The van der Waals surface area contributed by atoms with Gasteiger partial charge in [-0.1, -0.05) is 27.5 Å². The van der Waals surface area contributed by atoms with Crippen LogP contribution in [0.3, 0.4) is 0 Å². The summed E-state index contributed by atoms with van der Waals surface area (Å²) in [6.07, 6.45) is 0. The van der Waals surface area contributed by atoms with Crippen molar-refractivity contribution < 1.29 is 19.7 Å². The van der Waals surface area contributed by atoms with Gasteiger partial charge in [0.1, 0.15) is 0 Å². The monoisotopic (exact) mass is 438 g/mol. The minimum absolute atomic E-state index is 0.0729. The van der Waals surface area contributed by atoms with Crippen molar-refractivity contribution in [1.29, 1.82) is 0 Å². The minimum Gasteiger partial charge on any atom is -0.504 e. The highest BCUT2D eigenvalue weighted by molar-refractivity contribution is 9.10. The molecule has 2 rings (SSSR count). The van der Waals surface area contributed by atoms with Gasteiger partial charge in [0.25, 0.3) is 0 Å². The number of halogens is 3. The van der Waals surface area contributed by atoms with Crippen LogP contribution in [0.2, 0.25) is 5.02 Å². The van der Waals surface area contributed by atoms with Gasteiger partial charge in [0.2, 0.25) is 0 Å². The number of aromatic hydroxyl groups is 2. The maximum absolute atomic E-state index is 9.20. The van der Waals surface area contributed by atoms with E-state index in [0.29, 0.717) is 21.0 Å². The molecule has 0 atom stereocenters. The second kappa shape index (κ2) is 8.36. The smallest absolute Gasteiger partial charge is 0.162 e. The van der Waals surface area contributed by atoms with E-state index in [1.54, 1.807) is 24.3 Å². The van der Waals surface area contributed by atoms with Gasteiger partial charge in [-0.15, -0.1) is 0 Å². The highest BCUT2D eigenvalue weighted by Crippen LogP contribution is 2.34. The van der Waals surface area contributed by atoms with Gasteiger partial charge < -0.3 is 19.7 Å². The van der Waals surface area contributed by atoms with E-state index in [-0.39, 0.29) is 11.5 Å². The molecule has 0 aromatic heterocycles. The molecule has 21 heavy (non-hydrogen) atoms. The Morgan fingerprint density at radius 1 is 0.905 bits per heavy atom. The van der Waals surface area contributed by atoms with Crippen molar-refractivity contribution in [3.63, 3.8) is 0 Å². The van der Waals surface area contributed by atoms with E-state index in [9.17, 15) is 5.11 Å². The summed E-state index contributed by atoms with van der Waals surface area (Å²) in [5, 5.41) is 18.9. The summed E-state index contributed by atoms with van der Waals surface area (Å²) < 4.78 is 11.1. The number of phenolic OH excluding ortho intramolecular Hbond substituents is 2. The van der Waals surface area contributed by atoms with Gasteiger partial charge in [-0.3, -0.25) is 0 Å². The van der Waals surface area contributed by atoms with E-state index in [1.807, 2.05) is 0 Å². The number of phenols is 2. The zero-order chi connectivity index (χ0) is 16.0. The Morgan fingerprint density at radius 2 is 1.48 bits per heavy atom. The molecule has 0 unspecified atom stereocenters. The molecule has 7 heteroatoms. The molecule has 0 aliphatic carbocycles. The molecule has 0 saturated heterocycles. The first-order chi connectivity index (χ1) is 9.88. The fraction of sp³-hybridized carbons (Fsp3) is 0.143. The average Bonchev–Trinajstić information content (AvgIpc) is 2.44. The number of benzene rings is 2. The molecular formula is C14H13Br2ClO4. The Balaban J connectivity index is 0.000000211. The van der Waals surface area contributed by atoms with Gasteiger partial charge in [0, 0.05) is 15.0 Å². The predicted octanol–water partition coefficient (Wildman–Crippen LogP) is 4.98. The number of hydrogen-bond acceptors (Lipinski definition) is 4. The van der Waals surface area contributed by atoms with Crippen molar-refractivity contribution in [2.45, 2.75) is 0 Å². The third kappa shape index (κ3) is 5.30. The second-order valence-electron chi connectivity index (χ2n) is 3.75. The summed E-state index contributed by atoms with van der Waals surface area (Å²) >= 11 is 12.1. The van der Waals surface area contributed by atoms with Crippen LogP contribution in [-0.2, 0) is 0 Å². The Labute approximate surface area is 144 Å². The van der Waals surface area contributed by atoms with E-state index < -0.39 is 0 Å². The van der Waals surface area contributed by atoms with Crippen LogP contribution >= 0.6 is 43.5 Å². The molecule has 2 aromatic rings. The third-order valence-corrected chi connectivity index (χ3v) is 4.05. The first-order valence-electron chi connectivity index (χ1n) is 5.63. The van der Waals surface area contributed by atoms with Gasteiger partial charge in [-0.2, -0.15) is 0 Å². The molecule has 0 heterocycles. The lowest BCUT2D eigenvalue weighted by Gasteiger charge is -2.03. The average molecular weight is 441 g/mol. The van der Waals surface area contributed by atoms with Crippen LogP contribution < -0.4 is 9.47 Å². The lowest BCUT2D eigenvalue weighted by Crippen LogP contribution is -1.83. The zero-order valence-electron chi connectivity index (χ0n) is 11.2. The van der Waals surface area contributed by atoms with Crippen LogP contribution in [0.5, 0.6) is 23.0 Å². The molecule has 0 radical (unpaired) electrons. The van der Waals surface area contributed by atoms with Crippen LogP contribution in [0.4, 0.5) is 0 Å². The van der Waals surface area contributed by atoms with Gasteiger partial charge >= 0.3 is 0 Å². The third-order valence-electron chi connectivity index (χ3n) is 2.36. The lowest BCUT2D eigenvalue weighted by molar-refractivity contribution is 0.373. The van der Waals surface area contributed by atoms with Gasteiger partial charge in [0.05, 0.1) is 19.2 Å². The number of hydrogen-bond donors (Lipinski definition) is 2. The molecule has 0 aliphatic rings. The zero-order valence-corrected chi connectivity index (χ0v) is 15.2. The second-order valence-corrected chi connectivity index (χ2v) is 5.93. The van der Waals surface area contributed by atoms with Crippen molar-refractivity contribution in [3.05, 3.63) is 44.3 Å². The normalized spacial score (nSPS) is 9.57. The Kier molecular flexibility index (Phi) is 7.14. The molecule has 2 N–H and O–H groups in total. The Morgan fingerprint density at radius 3 is 2.00 bits per heavy atom. The van der Waals surface area contributed by atoms with Crippen LogP contribution in [0.1, 0.15) is 0 Å². The highest BCUT2D eigenvalue weighted by Gasteiger charge is 2.05. The fourth-order valence-corrected chi connectivity index (χ4v) is 2.18. The minimum atomic E-state index is 0.0729. The molecule has 114 valence electrons. The van der Waals surface area contributed by atoms with E-state index in [1.165, 1.54) is 20.3 Å². The Hall–Kier alpha value is -1.11. The number of ether oxygens (including phenoxy) is 2. The first kappa shape index (κ1) is 17.9. The molecule has 4 nitrogen and oxygen atoms in total. The molecule has 0 bridgehead atoms. The molecule has 0 saturated carbocycles. The van der Waals surface area contributed by atoms with Crippen LogP contribution in [0.25, 0.3) is 0 Å². The van der Waals surface area contributed by atoms with E-state index in [0.717, 1.165) is 4.47 Å². The Bertz CT molecular complexity index is 620. The maximum atomic E-state index is 9.20. The summed E-state index contributed by atoms with van der Waals surface area (Å²) in [5.74, 6) is 1.09.